The smallest absolute Gasteiger partial charge is 0.404 e. The Balaban J connectivity index is 2.12. The lowest BCUT2D eigenvalue weighted by Gasteiger charge is -2.07. The van der Waals surface area contributed by atoms with Crippen molar-refractivity contribution in [3.8, 4) is 5.75 Å². The summed E-state index contributed by atoms with van der Waals surface area (Å²) in [6.07, 6.45) is -0.662. The number of ether oxygens (including phenoxy) is 2. The minimum atomic E-state index is -0.862. The number of carbonyl (C=O) groups is 2. The average Bonchev–Trinajstić information content (AvgIpc) is 2.34. The summed E-state index contributed by atoms with van der Waals surface area (Å²) in [4.78, 5) is 21.6. The molecule has 1 aromatic carbocycles. The maximum absolute atomic E-state index is 11.4. The molecular formula is C12H17N3O4. The molecule has 0 saturated carbocycles. The van der Waals surface area contributed by atoms with Crippen molar-refractivity contribution in [1.82, 2.24) is 5.32 Å². The van der Waals surface area contributed by atoms with Crippen LogP contribution in [0.4, 0.5) is 10.5 Å². The van der Waals surface area contributed by atoms with Crippen LogP contribution in [-0.2, 0) is 9.53 Å². The van der Waals surface area contributed by atoms with Gasteiger partial charge in [0.1, 0.15) is 12.4 Å². The molecule has 0 radical (unpaired) electrons. The molecule has 5 N–H and O–H groups in total. The van der Waals surface area contributed by atoms with Crippen molar-refractivity contribution in [2.45, 2.75) is 6.42 Å². The molecule has 0 aliphatic rings. The van der Waals surface area contributed by atoms with E-state index >= 15 is 0 Å². The van der Waals surface area contributed by atoms with Crippen LogP contribution in [0.1, 0.15) is 6.42 Å². The minimum absolute atomic E-state index is 0.0527. The molecule has 0 fully saturated rings. The summed E-state index contributed by atoms with van der Waals surface area (Å²) < 4.78 is 9.81. The molecule has 0 unspecified atom stereocenters. The van der Waals surface area contributed by atoms with Gasteiger partial charge in [-0.3, -0.25) is 4.79 Å². The van der Waals surface area contributed by atoms with E-state index in [4.69, 9.17) is 16.2 Å². The highest BCUT2D eigenvalue weighted by atomic mass is 16.5. The van der Waals surface area contributed by atoms with E-state index in [1.165, 1.54) is 0 Å². The molecule has 0 aromatic heterocycles. The lowest BCUT2D eigenvalue weighted by molar-refractivity contribution is -0.121. The van der Waals surface area contributed by atoms with Crippen LogP contribution in [0.3, 0.4) is 0 Å². The fraction of sp³-hybridized carbons (Fsp3) is 0.333. The summed E-state index contributed by atoms with van der Waals surface area (Å²) in [6, 6.07) is 6.96. The maximum atomic E-state index is 11.4. The first-order valence-corrected chi connectivity index (χ1v) is 5.75. The van der Waals surface area contributed by atoms with Crippen LogP contribution in [0, 0.1) is 0 Å². The van der Waals surface area contributed by atoms with Gasteiger partial charge in [-0.1, -0.05) is 6.07 Å². The number of amides is 2. The first kappa shape index (κ1) is 14.6. The van der Waals surface area contributed by atoms with Crippen molar-refractivity contribution in [3.63, 3.8) is 0 Å². The lowest BCUT2D eigenvalue weighted by Crippen LogP contribution is -2.29. The number of rotatable bonds is 7. The second-order valence-corrected chi connectivity index (χ2v) is 3.69. The zero-order valence-corrected chi connectivity index (χ0v) is 10.4. The molecule has 0 atom stereocenters. The number of nitrogens with one attached hydrogen (secondary N) is 1. The third-order valence-electron chi connectivity index (χ3n) is 2.12. The van der Waals surface area contributed by atoms with Crippen LogP contribution >= 0.6 is 0 Å². The van der Waals surface area contributed by atoms with E-state index in [9.17, 15) is 9.59 Å². The molecule has 7 nitrogen and oxygen atoms in total. The van der Waals surface area contributed by atoms with Crippen molar-refractivity contribution >= 4 is 17.7 Å². The first-order chi connectivity index (χ1) is 9.08. The Morgan fingerprint density at radius 3 is 2.74 bits per heavy atom. The van der Waals surface area contributed by atoms with E-state index in [1.54, 1.807) is 24.3 Å². The molecular weight excluding hydrogens is 250 g/mol. The molecule has 0 spiro atoms. The molecule has 2 amide bonds. The number of hydrogen-bond donors (Lipinski definition) is 3. The van der Waals surface area contributed by atoms with E-state index in [0.29, 0.717) is 11.4 Å². The van der Waals surface area contributed by atoms with Crippen LogP contribution in [-0.4, -0.2) is 31.8 Å². The number of anilines is 1. The van der Waals surface area contributed by atoms with Gasteiger partial charge in [-0.05, 0) is 12.1 Å². The Morgan fingerprint density at radius 1 is 1.26 bits per heavy atom. The topological polar surface area (TPSA) is 117 Å². The van der Waals surface area contributed by atoms with E-state index in [2.05, 4.69) is 10.1 Å². The average molecular weight is 267 g/mol. The van der Waals surface area contributed by atoms with Crippen molar-refractivity contribution in [3.05, 3.63) is 24.3 Å². The summed E-state index contributed by atoms with van der Waals surface area (Å²) in [6.45, 7) is 0.517. The number of nitrogen functional groups attached to an aromatic ring is 1. The van der Waals surface area contributed by atoms with Gasteiger partial charge in [0.25, 0.3) is 0 Å². The van der Waals surface area contributed by atoms with Crippen LogP contribution in [0.25, 0.3) is 0 Å². The van der Waals surface area contributed by atoms with Crippen LogP contribution in [0.15, 0.2) is 24.3 Å². The Morgan fingerprint density at radius 2 is 2.05 bits per heavy atom. The Bertz CT molecular complexity index is 437. The molecule has 0 aliphatic heterocycles. The van der Waals surface area contributed by atoms with Crippen molar-refractivity contribution in [1.29, 1.82) is 0 Å². The maximum Gasteiger partial charge on any atom is 0.404 e. The number of primary amides is 1. The molecule has 0 saturated heterocycles. The van der Waals surface area contributed by atoms with E-state index in [1.807, 2.05) is 0 Å². The van der Waals surface area contributed by atoms with Gasteiger partial charge in [0, 0.05) is 11.8 Å². The summed E-state index contributed by atoms with van der Waals surface area (Å²) in [5.41, 5.74) is 10.9. The van der Waals surface area contributed by atoms with Crippen molar-refractivity contribution in [2.75, 3.05) is 25.5 Å². The Hall–Kier alpha value is -2.44. The van der Waals surface area contributed by atoms with Gasteiger partial charge in [0.2, 0.25) is 5.91 Å². The number of benzene rings is 1. The number of nitrogens with two attached hydrogens (primary N) is 2. The van der Waals surface area contributed by atoms with Crippen LogP contribution in [0.2, 0.25) is 0 Å². The quantitative estimate of drug-likeness (QED) is 0.483. The largest absolute Gasteiger partial charge is 0.493 e. The standard InChI is InChI=1S/C12H17N3O4/c13-9-2-1-3-10(8-9)18-6-4-11(16)15-5-7-19-12(14)17/h1-3,8H,4-7,13H2,(H2,14,17)(H,15,16). The lowest BCUT2D eigenvalue weighted by atomic mass is 10.3. The van der Waals surface area contributed by atoms with Crippen LogP contribution in [0.5, 0.6) is 5.75 Å². The fourth-order valence-corrected chi connectivity index (χ4v) is 1.30. The van der Waals surface area contributed by atoms with Gasteiger partial charge in [0.15, 0.2) is 0 Å². The number of carbonyl (C=O) groups excluding carboxylic acids is 2. The highest BCUT2D eigenvalue weighted by Crippen LogP contribution is 2.14. The Labute approximate surface area is 110 Å². The van der Waals surface area contributed by atoms with Gasteiger partial charge in [0.05, 0.1) is 19.6 Å². The minimum Gasteiger partial charge on any atom is -0.493 e. The van der Waals surface area contributed by atoms with Gasteiger partial charge < -0.3 is 26.3 Å². The SMILES string of the molecule is NC(=O)OCCNC(=O)CCOc1cccc(N)c1. The molecule has 19 heavy (non-hydrogen) atoms. The molecule has 0 bridgehead atoms. The van der Waals surface area contributed by atoms with Crippen molar-refractivity contribution < 1.29 is 19.1 Å². The van der Waals surface area contributed by atoms with E-state index in [0.717, 1.165) is 0 Å². The second kappa shape index (κ2) is 7.80. The van der Waals surface area contributed by atoms with Gasteiger partial charge in [-0.25, -0.2) is 4.79 Å². The molecule has 104 valence electrons. The zero-order chi connectivity index (χ0) is 14.1. The third kappa shape index (κ3) is 6.77. The third-order valence-corrected chi connectivity index (χ3v) is 2.12. The van der Waals surface area contributed by atoms with E-state index in [-0.39, 0.29) is 32.1 Å². The van der Waals surface area contributed by atoms with Gasteiger partial charge >= 0.3 is 6.09 Å². The van der Waals surface area contributed by atoms with E-state index < -0.39 is 6.09 Å². The summed E-state index contributed by atoms with van der Waals surface area (Å²) >= 11 is 0. The van der Waals surface area contributed by atoms with Gasteiger partial charge in [-0.2, -0.15) is 0 Å². The second-order valence-electron chi connectivity index (χ2n) is 3.69. The van der Waals surface area contributed by atoms with Crippen molar-refractivity contribution in [2.24, 2.45) is 5.73 Å². The predicted octanol–water partition coefficient (Wildman–Crippen LogP) is 0.249. The predicted molar refractivity (Wildman–Crippen MR) is 69.5 cm³/mol. The molecule has 0 aliphatic carbocycles. The summed E-state index contributed by atoms with van der Waals surface area (Å²) in [7, 11) is 0. The van der Waals surface area contributed by atoms with Gasteiger partial charge in [-0.15, -0.1) is 0 Å². The molecule has 7 heteroatoms. The number of hydrogen-bond acceptors (Lipinski definition) is 5. The summed E-state index contributed by atoms with van der Waals surface area (Å²) in [5, 5.41) is 2.56. The molecule has 1 rings (SSSR count). The first-order valence-electron chi connectivity index (χ1n) is 5.75. The fourth-order valence-electron chi connectivity index (χ4n) is 1.30. The Kier molecular flexibility index (Phi) is 6.00. The molecule has 1 aromatic rings. The highest BCUT2D eigenvalue weighted by Gasteiger charge is 2.02. The highest BCUT2D eigenvalue weighted by molar-refractivity contribution is 5.76. The van der Waals surface area contributed by atoms with Crippen LogP contribution < -0.4 is 21.5 Å². The monoisotopic (exact) mass is 267 g/mol. The normalized spacial score (nSPS) is 9.68. The molecule has 0 heterocycles. The zero-order valence-electron chi connectivity index (χ0n) is 10.4. The summed E-state index contributed by atoms with van der Waals surface area (Å²) in [5.74, 6) is 0.418.